The largest absolute Gasteiger partial charge is 0.376 e. The van der Waals surface area contributed by atoms with Crippen LogP contribution < -0.4 is 10.6 Å². The van der Waals surface area contributed by atoms with Gasteiger partial charge in [-0.15, -0.1) is 10.2 Å². The van der Waals surface area contributed by atoms with Crippen LogP contribution in [0.2, 0.25) is 0 Å². The summed E-state index contributed by atoms with van der Waals surface area (Å²) in [7, 11) is 0. The maximum Gasteiger partial charge on any atom is 0.234 e. The van der Waals surface area contributed by atoms with Gasteiger partial charge >= 0.3 is 0 Å². The number of nitrogens with one attached hydrogen (secondary N) is 2. The molecule has 2 heterocycles. The smallest absolute Gasteiger partial charge is 0.234 e. The molecule has 8 heteroatoms. The summed E-state index contributed by atoms with van der Waals surface area (Å²) < 4.78 is 6.35. The number of benzene rings is 1. The molecule has 2 N–H and O–H groups in total. The normalized spacial score (nSPS) is 16.8. The van der Waals surface area contributed by atoms with Crippen LogP contribution in [-0.2, 0) is 9.53 Å². The van der Waals surface area contributed by atoms with E-state index < -0.39 is 0 Å². The first kappa shape index (κ1) is 18.2. The number of carbonyl (C=O) groups is 1. The van der Waals surface area contributed by atoms with E-state index in [0.717, 1.165) is 52.3 Å². The van der Waals surface area contributed by atoms with E-state index in [9.17, 15) is 4.79 Å². The average Bonchev–Trinajstić information content (AvgIpc) is 3.21. The third kappa shape index (κ3) is 5.69. The number of aryl methyl sites for hydroxylation is 2. The monoisotopic (exact) mass is 378 g/mol. The molecule has 0 saturated carbocycles. The molecule has 1 saturated heterocycles. The summed E-state index contributed by atoms with van der Waals surface area (Å²) in [6.45, 7) is 5.64. The van der Waals surface area contributed by atoms with Crippen LogP contribution in [0.3, 0.4) is 0 Å². The number of carbonyl (C=O) groups excluding carboxylic acids is 1. The molecule has 0 radical (unpaired) electrons. The molecule has 2 aromatic rings. The number of amides is 1. The van der Waals surface area contributed by atoms with E-state index >= 15 is 0 Å². The van der Waals surface area contributed by atoms with E-state index in [1.54, 1.807) is 0 Å². The van der Waals surface area contributed by atoms with E-state index in [2.05, 4.69) is 26.9 Å². The summed E-state index contributed by atoms with van der Waals surface area (Å²) >= 11 is 2.86. The Morgan fingerprint density at radius 3 is 2.84 bits per heavy atom. The molecule has 0 spiro atoms. The third-order valence-electron chi connectivity index (χ3n) is 3.74. The van der Waals surface area contributed by atoms with Crippen molar-refractivity contribution in [3.8, 4) is 0 Å². The molecule has 1 aliphatic rings. The van der Waals surface area contributed by atoms with E-state index in [-0.39, 0.29) is 12.0 Å². The average molecular weight is 379 g/mol. The quantitative estimate of drug-likeness (QED) is 0.719. The predicted molar refractivity (Wildman–Crippen MR) is 103 cm³/mol. The van der Waals surface area contributed by atoms with Crippen LogP contribution in [-0.4, -0.2) is 41.1 Å². The van der Waals surface area contributed by atoms with Crippen molar-refractivity contribution in [3.05, 3.63) is 29.3 Å². The Kier molecular flexibility index (Phi) is 6.28. The van der Waals surface area contributed by atoms with Crippen LogP contribution >= 0.6 is 23.1 Å². The first-order valence-electron chi connectivity index (χ1n) is 8.28. The molecule has 1 aliphatic heterocycles. The minimum absolute atomic E-state index is 0.0425. The van der Waals surface area contributed by atoms with Crippen molar-refractivity contribution in [2.75, 3.05) is 29.5 Å². The molecular weight excluding hydrogens is 356 g/mol. The van der Waals surface area contributed by atoms with Crippen molar-refractivity contribution in [2.45, 2.75) is 37.1 Å². The molecule has 1 aromatic heterocycles. The fourth-order valence-electron chi connectivity index (χ4n) is 2.72. The molecule has 1 aromatic carbocycles. The number of hydrogen-bond donors (Lipinski definition) is 2. The zero-order chi connectivity index (χ0) is 17.6. The van der Waals surface area contributed by atoms with Gasteiger partial charge in [0.05, 0.1) is 11.9 Å². The molecule has 0 aliphatic carbocycles. The van der Waals surface area contributed by atoms with Crippen molar-refractivity contribution >= 4 is 39.8 Å². The number of rotatable bonds is 7. The Balaban J connectivity index is 1.44. The van der Waals surface area contributed by atoms with Crippen molar-refractivity contribution in [1.29, 1.82) is 0 Å². The second kappa shape index (κ2) is 8.64. The van der Waals surface area contributed by atoms with Gasteiger partial charge in [-0.1, -0.05) is 29.2 Å². The van der Waals surface area contributed by atoms with Gasteiger partial charge in [0.25, 0.3) is 0 Å². The number of hydrogen-bond acceptors (Lipinski definition) is 7. The highest BCUT2D eigenvalue weighted by Gasteiger charge is 2.16. The molecule has 1 unspecified atom stereocenters. The van der Waals surface area contributed by atoms with E-state index in [1.165, 1.54) is 23.1 Å². The maximum atomic E-state index is 12.1. The molecule has 1 fully saturated rings. The summed E-state index contributed by atoms with van der Waals surface area (Å²) in [6.07, 6.45) is 2.48. The Morgan fingerprint density at radius 1 is 1.32 bits per heavy atom. The van der Waals surface area contributed by atoms with Gasteiger partial charge in [-0.3, -0.25) is 4.79 Å². The number of ether oxygens (including phenoxy) is 1. The van der Waals surface area contributed by atoms with Gasteiger partial charge < -0.3 is 15.4 Å². The zero-order valence-corrected chi connectivity index (χ0v) is 16.0. The van der Waals surface area contributed by atoms with Crippen LogP contribution in [0.25, 0.3) is 0 Å². The molecule has 6 nitrogen and oxygen atoms in total. The Morgan fingerprint density at radius 2 is 2.12 bits per heavy atom. The number of anilines is 2. The number of nitrogens with zero attached hydrogens (tertiary/aromatic N) is 2. The van der Waals surface area contributed by atoms with E-state index in [1.807, 2.05) is 26.0 Å². The molecule has 3 rings (SSSR count). The summed E-state index contributed by atoms with van der Waals surface area (Å²) in [4.78, 5) is 12.1. The van der Waals surface area contributed by atoms with Crippen LogP contribution in [0.4, 0.5) is 10.8 Å². The van der Waals surface area contributed by atoms with Crippen molar-refractivity contribution in [3.63, 3.8) is 0 Å². The minimum Gasteiger partial charge on any atom is -0.376 e. The highest BCUT2D eigenvalue weighted by Crippen LogP contribution is 2.26. The molecule has 25 heavy (non-hydrogen) atoms. The standard InChI is InChI=1S/C17H22N4O2S2/c1-11-6-12(2)8-13(7-11)19-15(22)10-24-17-21-20-16(25-17)18-9-14-4-3-5-23-14/h6-8,14H,3-5,9-10H2,1-2H3,(H,18,20)(H,19,22). The molecular formula is C17H22N4O2S2. The third-order valence-corrected chi connectivity index (χ3v) is 5.76. The van der Waals surface area contributed by atoms with Crippen molar-refractivity contribution in [1.82, 2.24) is 10.2 Å². The lowest BCUT2D eigenvalue weighted by Crippen LogP contribution is -2.18. The fourth-order valence-corrected chi connectivity index (χ4v) is 4.28. The summed E-state index contributed by atoms with van der Waals surface area (Å²) in [5, 5.41) is 15.2. The lowest BCUT2D eigenvalue weighted by Gasteiger charge is -2.08. The summed E-state index contributed by atoms with van der Waals surface area (Å²) in [5.41, 5.74) is 3.10. The van der Waals surface area contributed by atoms with Gasteiger partial charge in [-0.25, -0.2) is 0 Å². The lowest BCUT2D eigenvalue weighted by atomic mass is 10.1. The molecule has 1 amide bonds. The van der Waals surface area contributed by atoms with Crippen LogP contribution in [0.15, 0.2) is 22.5 Å². The van der Waals surface area contributed by atoms with E-state index in [4.69, 9.17) is 4.74 Å². The van der Waals surface area contributed by atoms with Gasteiger partial charge in [-0.2, -0.15) is 0 Å². The van der Waals surface area contributed by atoms with Crippen molar-refractivity contribution in [2.24, 2.45) is 0 Å². The van der Waals surface area contributed by atoms with Crippen LogP contribution in [0.5, 0.6) is 0 Å². The maximum absolute atomic E-state index is 12.1. The Labute approximate surface area is 155 Å². The van der Waals surface area contributed by atoms with Gasteiger partial charge in [0, 0.05) is 18.8 Å². The highest BCUT2D eigenvalue weighted by atomic mass is 32.2. The topological polar surface area (TPSA) is 76.1 Å². The zero-order valence-electron chi connectivity index (χ0n) is 14.4. The molecule has 134 valence electrons. The number of thioether (sulfide) groups is 1. The van der Waals surface area contributed by atoms with Crippen LogP contribution in [0, 0.1) is 13.8 Å². The lowest BCUT2D eigenvalue weighted by molar-refractivity contribution is -0.113. The molecule has 0 bridgehead atoms. The second-order valence-electron chi connectivity index (χ2n) is 6.10. The fraction of sp³-hybridized carbons (Fsp3) is 0.471. The van der Waals surface area contributed by atoms with Gasteiger partial charge in [0.2, 0.25) is 11.0 Å². The minimum atomic E-state index is -0.0425. The van der Waals surface area contributed by atoms with Gasteiger partial charge in [0.15, 0.2) is 4.34 Å². The Hall–Kier alpha value is -1.64. The predicted octanol–water partition coefficient (Wildman–Crippen LogP) is 3.48. The first-order chi connectivity index (χ1) is 12.1. The van der Waals surface area contributed by atoms with E-state index in [0.29, 0.717) is 5.75 Å². The highest BCUT2D eigenvalue weighted by molar-refractivity contribution is 8.01. The second-order valence-corrected chi connectivity index (χ2v) is 8.30. The summed E-state index contributed by atoms with van der Waals surface area (Å²) in [5.74, 6) is 0.270. The molecule has 1 atom stereocenters. The van der Waals surface area contributed by atoms with Crippen LogP contribution in [0.1, 0.15) is 24.0 Å². The summed E-state index contributed by atoms with van der Waals surface area (Å²) in [6, 6.07) is 6.01. The van der Waals surface area contributed by atoms with Gasteiger partial charge in [0.1, 0.15) is 0 Å². The Bertz CT molecular complexity index is 709. The first-order valence-corrected chi connectivity index (χ1v) is 10.1. The SMILES string of the molecule is Cc1cc(C)cc(NC(=O)CSc2nnc(NCC3CCCO3)s2)c1. The van der Waals surface area contributed by atoms with Gasteiger partial charge in [-0.05, 0) is 49.9 Å². The number of aromatic nitrogens is 2. The van der Waals surface area contributed by atoms with Crippen molar-refractivity contribution < 1.29 is 9.53 Å².